The van der Waals surface area contributed by atoms with Crippen molar-refractivity contribution >= 4 is 11.9 Å². The van der Waals surface area contributed by atoms with Crippen LogP contribution in [-0.2, 0) is 16.1 Å². The molecule has 1 amide bonds. The largest absolute Gasteiger partial charge is 0.480 e. The van der Waals surface area contributed by atoms with Crippen molar-refractivity contribution in [1.82, 2.24) is 15.5 Å². The second kappa shape index (κ2) is 10.3. The van der Waals surface area contributed by atoms with E-state index in [4.69, 9.17) is 0 Å². The lowest BCUT2D eigenvalue weighted by Gasteiger charge is -2.33. The van der Waals surface area contributed by atoms with E-state index in [-0.39, 0.29) is 11.9 Å². The maximum absolute atomic E-state index is 12.4. The first-order valence-corrected chi connectivity index (χ1v) is 9.55. The van der Waals surface area contributed by atoms with Crippen LogP contribution in [-0.4, -0.2) is 53.1 Å². The molecule has 1 heterocycles. The number of aliphatic carboxylic acids is 1. The summed E-state index contributed by atoms with van der Waals surface area (Å²) in [5.74, 6) is -1.02. The average Bonchev–Trinajstić information content (AvgIpc) is 2.63. The Balaban J connectivity index is 1.74. The highest BCUT2D eigenvalue weighted by Crippen LogP contribution is 2.14. The summed E-state index contributed by atoms with van der Waals surface area (Å²) in [5.41, 5.74) is 1.31. The quantitative estimate of drug-likeness (QED) is 0.627. The lowest BCUT2D eigenvalue weighted by atomic mass is 10.0. The minimum absolute atomic E-state index is 0.117. The molecule has 0 aliphatic carbocycles. The topological polar surface area (TPSA) is 81.7 Å². The van der Waals surface area contributed by atoms with Crippen LogP contribution in [0, 0.1) is 0 Å². The Kier molecular flexibility index (Phi) is 8.06. The third-order valence-electron chi connectivity index (χ3n) is 4.90. The number of nitrogens with zero attached hydrogens (tertiary/aromatic N) is 1. The van der Waals surface area contributed by atoms with Gasteiger partial charge in [0.15, 0.2) is 0 Å². The van der Waals surface area contributed by atoms with Crippen LogP contribution in [0.5, 0.6) is 0 Å². The van der Waals surface area contributed by atoms with Gasteiger partial charge in [-0.1, -0.05) is 43.7 Å². The number of hydrogen-bond donors (Lipinski definition) is 3. The smallest absolute Gasteiger partial charge is 0.320 e. The number of nitrogens with one attached hydrogen (secondary N) is 2. The van der Waals surface area contributed by atoms with Crippen molar-refractivity contribution in [2.24, 2.45) is 0 Å². The van der Waals surface area contributed by atoms with Crippen LogP contribution in [0.2, 0.25) is 0 Å². The SMILES string of the molecule is CCCC(NC(C)C(=O)NC1CCN(Cc2ccccc2)CC1)C(=O)O. The van der Waals surface area contributed by atoms with Gasteiger partial charge in [-0.05, 0) is 31.7 Å². The predicted octanol–water partition coefficient (Wildman–Crippen LogP) is 2.00. The Morgan fingerprint density at radius 3 is 2.46 bits per heavy atom. The fourth-order valence-electron chi connectivity index (χ4n) is 3.35. The van der Waals surface area contributed by atoms with Crippen molar-refractivity contribution in [1.29, 1.82) is 0 Å². The van der Waals surface area contributed by atoms with Crippen molar-refractivity contribution in [2.45, 2.75) is 64.2 Å². The molecule has 1 aliphatic rings. The van der Waals surface area contributed by atoms with E-state index >= 15 is 0 Å². The summed E-state index contributed by atoms with van der Waals surface area (Å²) in [6.45, 7) is 6.51. The van der Waals surface area contributed by atoms with E-state index in [0.717, 1.165) is 38.9 Å². The number of benzene rings is 1. The van der Waals surface area contributed by atoms with Gasteiger partial charge in [-0.15, -0.1) is 0 Å². The lowest BCUT2D eigenvalue weighted by Crippen LogP contribution is -2.53. The Morgan fingerprint density at radius 2 is 1.88 bits per heavy atom. The lowest BCUT2D eigenvalue weighted by molar-refractivity contribution is -0.140. The van der Waals surface area contributed by atoms with Crippen molar-refractivity contribution < 1.29 is 14.7 Å². The molecule has 1 aliphatic heterocycles. The summed E-state index contributed by atoms with van der Waals surface area (Å²) < 4.78 is 0. The molecule has 2 unspecified atom stereocenters. The number of carbonyl (C=O) groups is 2. The van der Waals surface area contributed by atoms with Crippen LogP contribution < -0.4 is 10.6 Å². The number of carbonyl (C=O) groups excluding carboxylic acids is 1. The van der Waals surface area contributed by atoms with Gasteiger partial charge in [-0.25, -0.2) is 0 Å². The van der Waals surface area contributed by atoms with E-state index in [1.165, 1.54) is 5.56 Å². The first kappa shape index (κ1) is 20.4. The standard InChI is InChI=1S/C20H31N3O3/c1-3-7-18(20(25)26)21-15(2)19(24)22-17-10-12-23(13-11-17)14-16-8-5-4-6-9-16/h4-6,8-9,15,17-18,21H,3,7,10-14H2,1-2H3,(H,22,24)(H,25,26). The van der Waals surface area contributed by atoms with Crippen molar-refractivity contribution in [2.75, 3.05) is 13.1 Å². The summed E-state index contributed by atoms with van der Waals surface area (Å²) in [4.78, 5) is 26.0. The summed E-state index contributed by atoms with van der Waals surface area (Å²) in [6.07, 6.45) is 3.12. The van der Waals surface area contributed by atoms with E-state index in [0.29, 0.717) is 6.42 Å². The molecule has 6 heteroatoms. The monoisotopic (exact) mass is 361 g/mol. The fourth-order valence-corrected chi connectivity index (χ4v) is 3.35. The van der Waals surface area contributed by atoms with E-state index in [2.05, 4.69) is 39.8 Å². The Hall–Kier alpha value is -1.92. The van der Waals surface area contributed by atoms with E-state index in [1.54, 1.807) is 6.92 Å². The van der Waals surface area contributed by atoms with Crippen molar-refractivity contribution in [3.63, 3.8) is 0 Å². The van der Waals surface area contributed by atoms with Gasteiger partial charge in [-0.2, -0.15) is 0 Å². The van der Waals surface area contributed by atoms with Crippen molar-refractivity contribution in [3.05, 3.63) is 35.9 Å². The average molecular weight is 361 g/mol. The maximum atomic E-state index is 12.4. The number of carboxylic acid groups (broad SMARTS) is 1. The minimum atomic E-state index is -0.902. The van der Waals surface area contributed by atoms with Crippen LogP contribution >= 0.6 is 0 Å². The van der Waals surface area contributed by atoms with Gasteiger partial charge in [0, 0.05) is 25.7 Å². The van der Waals surface area contributed by atoms with Gasteiger partial charge >= 0.3 is 5.97 Å². The summed E-state index contributed by atoms with van der Waals surface area (Å²) in [6, 6.07) is 9.38. The zero-order chi connectivity index (χ0) is 18.9. The molecule has 3 N–H and O–H groups in total. The molecule has 0 aromatic heterocycles. The normalized spacial score (nSPS) is 18.2. The van der Waals surface area contributed by atoms with Gasteiger partial charge < -0.3 is 10.4 Å². The Labute approximate surface area is 156 Å². The summed E-state index contributed by atoms with van der Waals surface area (Å²) >= 11 is 0. The number of likely N-dealkylation sites (tertiary alicyclic amines) is 1. The highest BCUT2D eigenvalue weighted by Gasteiger charge is 2.25. The number of piperidine rings is 1. The van der Waals surface area contributed by atoms with E-state index < -0.39 is 18.1 Å². The molecule has 26 heavy (non-hydrogen) atoms. The molecule has 1 saturated heterocycles. The summed E-state index contributed by atoms with van der Waals surface area (Å²) in [5, 5.41) is 15.2. The molecule has 0 spiro atoms. The fraction of sp³-hybridized carbons (Fsp3) is 0.600. The van der Waals surface area contributed by atoms with Gasteiger partial charge in [0.1, 0.15) is 6.04 Å². The third kappa shape index (κ3) is 6.42. The van der Waals surface area contributed by atoms with Crippen LogP contribution in [0.1, 0.15) is 45.1 Å². The van der Waals surface area contributed by atoms with Crippen molar-refractivity contribution in [3.8, 4) is 0 Å². The highest BCUT2D eigenvalue weighted by molar-refractivity contribution is 5.83. The second-order valence-electron chi connectivity index (χ2n) is 7.11. The molecular weight excluding hydrogens is 330 g/mol. The van der Waals surface area contributed by atoms with Gasteiger partial charge in [0.05, 0.1) is 6.04 Å². The molecule has 0 radical (unpaired) electrons. The molecule has 0 bridgehead atoms. The molecule has 2 atom stereocenters. The van der Waals surface area contributed by atoms with Crippen LogP contribution in [0.15, 0.2) is 30.3 Å². The first-order valence-electron chi connectivity index (χ1n) is 9.55. The zero-order valence-electron chi connectivity index (χ0n) is 15.8. The number of amides is 1. The highest BCUT2D eigenvalue weighted by atomic mass is 16.4. The maximum Gasteiger partial charge on any atom is 0.320 e. The zero-order valence-corrected chi connectivity index (χ0v) is 15.8. The third-order valence-corrected chi connectivity index (χ3v) is 4.90. The Bertz CT molecular complexity index is 571. The number of carboxylic acids is 1. The van der Waals surface area contributed by atoms with Gasteiger partial charge in [0.2, 0.25) is 5.91 Å². The number of rotatable bonds is 9. The number of hydrogen-bond acceptors (Lipinski definition) is 4. The second-order valence-corrected chi connectivity index (χ2v) is 7.11. The first-order chi connectivity index (χ1) is 12.5. The van der Waals surface area contributed by atoms with E-state index in [1.807, 2.05) is 13.0 Å². The molecule has 0 saturated carbocycles. The van der Waals surface area contributed by atoms with E-state index in [9.17, 15) is 14.7 Å². The Morgan fingerprint density at radius 1 is 1.23 bits per heavy atom. The molecule has 144 valence electrons. The van der Waals surface area contributed by atoms with Crippen LogP contribution in [0.25, 0.3) is 0 Å². The van der Waals surface area contributed by atoms with Gasteiger partial charge in [0.25, 0.3) is 0 Å². The van der Waals surface area contributed by atoms with Crippen LogP contribution in [0.4, 0.5) is 0 Å². The summed E-state index contributed by atoms with van der Waals surface area (Å²) in [7, 11) is 0. The minimum Gasteiger partial charge on any atom is -0.480 e. The molecule has 6 nitrogen and oxygen atoms in total. The van der Waals surface area contributed by atoms with Gasteiger partial charge in [-0.3, -0.25) is 19.8 Å². The molecular formula is C20H31N3O3. The molecule has 1 aromatic carbocycles. The van der Waals surface area contributed by atoms with Crippen LogP contribution in [0.3, 0.4) is 0 Å². The molecule has 1 aromatic rings. The molecule has 1 fully saturated rings. The predicted molar refractivity (Wildman–Crippen MR) is 102 cm³/mol. The molecule has 2 rings (SSSR count).